The van der Waals surface area contributed by atoms with Crippen LogP contribution < -0.4 is 14.6 Å². The number of nitrogens with one attached hydrogen (secondary N) is 1. The Morgan fingerprint density at radius 3 is 2.50 bits per heavy atom. The molecule has 1 aromatic heterocycles. The Hall–Kier alpha value is -2.67. The Morgan fingerprint density at radius 1 is 1.27 bits per heavy atom. The van der Waals surface area contributed by atoms with Gasteiger partial charge in [-0.1, -0.05) is 12.1 Å². The minimum Gasteiger partial charge on any atom is -0.494 e. The first-order chi connectivity index (χ1) is 12.6. The zero-order chi connectivity index (χ0) is 18.5. The zero-order valence-corrected chi connectivity index (χ0v) is 14.8. The molecule has 0 bridgehead atoms. The lowest BCUT2D eigenvalue weighted by atomic mass is 9.87. The van der Waals surface area contributed by atoms with Crippen LogP contribution >= 0.6 is 0 Å². The van der Waals surface area contributed by atoms with E-state index in [4.69, 9.17) is 4.74 Å². The van der Waals surface area contributed by atoms with Gasteiger partial charge in [0.25, 0.3) is 5.82 Å². The molecule has 0 aliphatic carbocycles. The van der Waals surface area contributed by atoms with Crippen molar-refractivity contribution in [2.75, 3.05) is 24.6 Å². The summed E-state index contributed by atoms with van der Waals surface area (Å²) in [5.41, 5.74) is 0.961. The average Bonchev–Trinajstić information content (AvgIpc) is 2.68. The molecular weight excluding hydrogens is 334 g/mol. The number of nitrogens with zero attached hydrogens (tertiary/aromatic N) is 2. The van der Waals surface area contributed by atoms with Crippen molar-refractivity contribution in [3.63, 3.8) is 0 Å². The van der Waals surface area contributed by atoms with E-state index in [0.29, 0.717) is 6.61 Å². The molecule has 1 saturated heterocycles. The normalized spacial score (nSPS) is 16.3. The molecule has 2 heterocycles. The van der Waals surface area contributed by atoms with E-state index in [1.807, 2.05) is 31.2 Å². The van der Waals surface area contributed by atoms with E-state index in [0.717, 1.165) is 43.1 Å². The Bertz CT molecular complexity index is 725. The van der Waals surface area contributed by atoms with Crippen LogP contribution in [-0.2, 0) is 0 Å². The van der Waals surface area contributed by atoms with Crippen LogP contribution in [0.2, 0.25) is 0 Å². The monoisotopic (exact) mass is 358 g/mol. The third-order valence-electron chi connectivity index (χ3n) is 4.85. The average molecular weight is 358 g/mol. The van der Waals surface area contributed by atoms with Gasteiger partial charge in [-0.3, -0.25) is 15.0 Å². The molecule has 0 unspecified atom stereocenters. The van der Waals surface area contributed by atoms with E-state index in [1.165, 1.54) is 12.3 Å². The molecule has 7 heteroatoms. The number of ether oxygens (including phenoxy) is 1. The largest absolute Gasteiger partial charge is 0.494 e. The first-order valence-corrected chi connectivity index (χ1v) is 8.90. The van der Waals surface area contributed by atoms with Crippen LogP contribution in [0.25, 0.3) is 0 Å². The van der Waals surface area contributed by atoms with Gasteiger partial charge in [-0.25, -0.2) is 4.98 Å². The third kappa shape index (κ3) is 4.11. The fourth-order valence-electron chi connectivity index (χ4n) is 3.37. The number of aliphatic hydroxyl groups excluding tert-OH is 1. The summed E-state index contributed by atoms with van der Waals surface area (Å²) in [6.45, 7) is 4.17. The highest BCUT2D eigenvalue weighted by Gasteiger charge is 2.30. The Kier molecular flexibility index (Phi) is 5.68. The standard InChI is InChI=1S/C19H23N3O4/c1-2-26-17-6-3-14(4-7-17)19(23)15-9-11-21(12-10-15)18-8-5-16(13-20-18)22(24)25/h3-8,13,15,19,23H,2,9-12H2,1H3/p+1/t19-/m1/s1. The quantitative estimate of drug-likeness (QED) is 0.633. The summed E-state index contributed by atoms with van der Waals surface area (Å²) < 4.78 is 5.44. The maximum absolute atomic E-state index is 10.7. The van der Waals surface area contributed by atoms with E-state index < -0.39 is 11.0 Å². The molecule has 7 nitrogen and oxygen atoms in total. The summed E-state index contributed by atoms with van der Waals surface area (Å²) in [4.78, 5) is 15.5. The molecule has 0 spiro atoms. The predicted molar refractivity (Wildman–Crippen MR) is 97.2 cm³/mol. The highest BCUT2D eigenvalue weighted by Crippen LogP contribution is 2.32. The summed E-state index contributed by atoms with van der Waals surface area (Å²) in [5, 5.41) is 21.4. The van der Waals surface area contributed by atoms with Gasteiger partial charge >= 0.3 is 5.69 Å². The minimum absolute atomic E-state index is 0.0505. The molecule has 2 N–H and O–H groups in total. The number of H-pyrrole nitrogens is 1. The highest BCUT2D eigenvalue weighted by molar-refractivity contribution is 5.38. The van der Waals surface area contributed by atoms with E-state index in [1.54, 1.807) is 6.07 Å². The molecule has 26 heavy (non-hydrogen) atoms. The smallest absolute Gasteiger partial charge is 0.308 e. The van der Waals surface area contributed by atoms with E-state index in [-0.39, 0.29) is 11.6 Å². The fraction of sp³-hybridized carbons (Fsp3) is 0.421. The maximum atomic E-state index is 10.7. The van der Waals surface area contributed by atoms with Crippen molar-refractivity contribution in [2.24, 2.45) is 5.92 Å². The predicted octanol–water partition coefficient (Wildman–Crippen LogP) is 2.76. The molecule has 1 aliphatic heterocycles. The van der Waals surface area contributed by atoms with Gasteiger partial charge < -0.3 is 9.84 Å². The van der Waals surface area contributed by atoms with Crippen LogP contribution in [0.3, 0.4) is 0 Å². The number of benzene rings is 1. The van der Waals surface area contributed by atoms with Crippen LogP contribution in [0.15, 0.2) is 42.6 Å². The van der Waals surface area contributed by atoms with Crippen molar-refractivity contribution in [3.8, 4) is 5.75 Å². The lowest BCUT2D eigenvalue weighted by Gasteiger charge is -2.30. The minimum atomic E-state index is -0.492. The van der Waals surface area contributed by atoms with Crippen LogP contribution in [0, 0.1) is 16.0 Å². The van der Waals surface area contributed by atoms with Gasteiger partial charge in [-0.15, -0.1) is 0 Å². The Balaban J connectivity index is 1.58. The lowest BCUT2D eigenvalue weighted by molar-refractivity contribution is -0.414. The molecule has 138 valence electrons. The number of aromatic amines is 1. The van der Waals surface area contributed by atoms with Crippen molar-refractivity contribution in [3.05, 3.63) is 58.3 Å². The van der Waals surface area contributed by atoms with Gasteiger partial charge in [0, 0.05) is 12.1 Å². The molecule has 0 saturated carbocycles. The molecule has 3 rings (SSSR count). The van der Waals surface area contributed by atoms with Crippen LogP contribution in [0.5, 0.6) is 5.75 Å². The van der Waals surface area contributed by atoms with Crippen molar-refractivity contribution in [1.29, 1.82) is 0 Å². The van der Waals surface area contributed by atoms with Crippen molar-refractivity contribution in [2.45, 2.75) is 25.9 Å². The van der Waals surface area contributed by atoms with Gasteiger partial charge in [0.2, 0.25) is 0 Å². The first-order valence-electron chi connectivity index (χ1n) is 8.90. The number of hydrogen-bond donors (Lipinski definition) is 1. The molecule has 1 fully saturated rings. The van der Waals surface area contributed by atoms with Gasteiger partial charge in [-0.05, 0) is 43.4 Å². The molecule has 0 amide bonds. The van der Waals surface area contributed by atoms with E-state index in [9.17, 15) is 15.2 Å². The first kappa shape index (κ1) is 18.1. The van der Waals surface area contributed by atoms with Gasteiger partial charge in [0.05, 0.1) is 30.7 Å². The van der Waals surface area contributed by atoms with E-state index in [2.05, 4.69) is 9.88 Å². The van der Waals surface area contributed by atoms with E-state index >= 15 is 0 Å². The fourth-order valence-corrected chi connectivity index (χ4v) is 3.37. The SMILES string of the molecule is CCOc1ccc([C@@H](O)C2CCN(c3ccc([N+](=O)[O-])c[nH+]3)CC2)cc1. The van der Waals surface area contributed by atoms with Crippen molar-refractivity contribution >= 4 is 11.5 Å². The zero-order valence-electron chi connectivity index (χ0n) is 14.8. The van der Waals surface area contributed by atoms with Crippen LogP contribution in [0.4, 0.5) is 11.5 Å². The number of rotatable bonds is 6. The number of aromatic nitrogens is 1. The van der Waals surface area contributed by atoms with Crippen molar-refractivity contribution in [1.82, 2.24) is 0 Å². The number of aliphatic hydroxyl groups is 1. The second-order valence-electron chi connectivity index (χ2n) is 6.46. The second kappa shape index (κ2) is 8.14. The Morgan fingerprint density at radius 2 is 1.96 bits per heavy atom. The molecule has 1 atom stereocenters. The summed E-state index contributed by atoms with van der Waals surface area (Å²) in [6.07, 6.45) is 2.64. The molecule has 1 aliphatic rings. The molecule has 2 aromatic rings. The number of hydrogen-bond acceptors (Lipinski definition) is 5. The van der Waals surface area contributed by atoms with Gasteiger partial charge in [0.1, 0.15) is 5.75 Å². The number of pyridine rings is 1. The van der Waals surface area contributed by atoms with Crippen LogP contribution in [0.1, 0.15) is 31.4 Å². The summed E-state index contributed by atoms with van der Waals surface area (Å²) in [5.74, 6) is 1.87. The van der Waals surface area contributed by atoms with Gasteiger partial charge in [-0.2, -0.15) is 0 Å². The summed E-state index contributed by atoms with van der Waals surface area (Å²) in [6, 6.07) is 10.9. The van der Waals surface area contributed by atoms with Crippen LogP contribution in [-0.4, -0.2) is 29.7 Å². The number of nitro groups is 1. The topological polar surface area (TPSA) is 90.0 Å². The lowest BCUT2D eigenvalue weighted by Crippen LogP contribution is -2.38. The number of piperidine rings is 1. The maximum Gasteiger partial charge on any atom is 0.308 e. The number of anilines is 1. The third-order valence-corrected chi connectivity index (χ3v) is 4.85. The van der Waals surface area contributed by atoms with Crippen molar-refractivity contribution < 1.29 is 19.8 Å². The Labute approximate surface area is 152 Å². The second-order valence-corrected chi connectivity index (χ2v) is 6.46. The van der Waals surface area contributed by atoms with Gasteiger partial charge in [0.15, 0.2) is 6.20 Å². The summed E-state index contributed by atoms with van der Waals surface area (Å²) in [7, 11) is 0. The highest BCUT2D eigenvalue weighted by atomic mass is 16.6. The summed E-state index contributed by atoms with van der Waals surface area (Å²) >= 11 is 0. The molecule has 0 radical (unpaired) electrons. The molecule has 1 aromatic carbocycles. The molecular formula is C19H24N3O4+.